The van der Waals surface area contributed by atoms with E-state index in [0.717, 1.165) is 50.7 Å². The van der Waals surface area contributed by atoms with E-state index >= 15 is 0 Å². The summed E-state index contributed by atoms with van der Waals surface area (Å²) in [5, 5.41) is 0. The van der Waals surface area contributed by atoms with Gasteiger partial charge >= 0.3 is 6.18 Å². The summed E-state index contributed by atoms with van der Waals surface area (Å²) in [5.74, 6) is -0.677. The second-order valence-corrected chi connectivity index (χ2v) is 10.4. The van der Waals surface area contributed by atoms with Gasteiger partial charge in [0.25, 0.3) is 0 Å². The maximum atomic E-state index is 13.1. The molecule has 168 valence electrons. The zero-order valence-electron chi connectivity index (χ0n) is 17.3. The number of rotatable bonds is 7. The standard InChI is InChI=1S/C21H29F3N2O3S/c1-14-6-8-18(9-7-14)25-30(28,29)13-20(27)26(19-10-11-19)15(2)16-4-3-5-17(12-16)21(22,23)24/h3-5,12,14-15,18-19,25H,6-11,13H2,1-2H3. The fourth-order valence-corrected chi connectivity index (χ4v) is 5.44. The molecule has 0 aliphatic heterocycles. The molecule has 0 saturated heterocycles. The Morgan fingerprint density at radius 2 is 1.80 bits per heavy atom. The first-order chi connectivity index (χ1) is 14.0. The molecule has 2 aliphatic rings. The Hall–Kier alpha value is -1.61. The van der Waals surface area contributed by atoms with Crippen LogP contribution in [0, 0.1) is 5.92 Å². The van der Waals surface area contributed by atoms with Crippen molar-refractivity contribution in [2.75, 3.05) is 5.75 Å². The van der Waals surface area contributed by atoms with Crippen molar-refractivity contribution >= 4 is 15.9 Å². The summed E-state index contributed by atoms with van der Waals surface area (Å²) in [6.45, 7) is 3.78. The molecule has 0 heterocycles. The molecule has 9 heteroatoms. The summed E-state index contributed by atoms with van der Waals surface area (Å²) < 4.78 is 67.0. The van der Waals surface area contributed by atoms with Gasteiger partial charge in [-0.05, 0) is 69.1 Å². The van der Waals surface area contributed by atoms with Crippen LogP contribution in [0.5, 0.6) is 0 Å². The smallest absolute Gasteiger partial charge is 0.332 e. The van der Waals surface area contributed by atoms with E-state index in [1.807, 2.05) is 0 Å². The summed E-state index contributed by atoms with van der Waals surface area (Å²) in [5.41, 5.74) is -0.437. The number of carbonyl (C=O) groups excluding carboxylic acids is 1. The van der Waals surface area contributed by atoms with E-state index in [1.165, 1.54) is 11.0 Å². The third kappa shape index (κ3) is 5.97. The number of halogens is 3. The molecule has 2 fully saturated rings. The van der Waals surface area contributed by atoms with Crippen LogP contribution in [0.1, 0.15) is 69.5 Å². The summed E-state index contributed by atoms with van der Waals surface area (Å²) in [6.07, 6.45) is 0.369. The minimum absolute atomic E-state index is 0.132. The zero-order chi connectivity index (χ0) is 22.1. The molecule has 0 aromatic heterocycles. The number of hydrogen-bond acceptors (Lipinski definition) is 3. The molecule has 2 saturated carbocycles. The second-order valence-electron chi connectivity index (χ2n) is 8.67. The van der Waals surface area contributed by atoms with Crippen LogP contribution >= 0.6 is 0 Å². The van der Waals surface area contributed by atoms with Gasteiger partial charge in [-0.25, -0.2) is 13.1 Å². The molecule has 1 N–H and O–H groups in total. The summed E-state index contributed by atoms with van der Waals surface area (Å²) >= 11 is 0. The monoisotopic (exact) mass is 446 g/mol. The average molecular weight is 447 g/mol. The number of carbonyl (C=O) groups is 1. The first kappa shape index (κ1) is 23.1. The van der Waals surface area contributed by atoms with Gasteiger partial charge in [0, 0.05) is 12.1 Å². The lowest BCUT2D eigenvalue weighted by Gasteiger charge is -2.31. The molecule has 1 aromatic rings. The number of nitrogens with one attached hydrogen (secondary N) is 1. The molecule has 0 radical (unpaired) electrons. The third-order valence-corrected chi connectivity index (χ3v) is 7.34. The highest BCUT2D eigenvalue weighted by atomic mass is 32.2. The Morgan fingerprint density at radius 1 is 1.17 bits per heavy atom. The largest absolute Gasteiger partial charge is 0.416 e. The number of amides is 1. The van der Waals surface area contributed by atoms with E-state index in [9.17, 15) is 26.4 Å². The molecule has 0 spiro atoms. The van der Waals surface area contributed by atoms with E-state index in [-0.39, 0.29) is 12.1 Å². The van der Waals surface area contributed by atoms with Gasteiger partial charge in [-0.2, -0.15) is 13.2 Å². The van der Waals surface area contributed by atoms with Gasteiger partial charge in [-0.1, -0.05) is 19.1 Å². The summed E-state index contributed by atoms with van der Waals surface area (Å²) in [7, 11) is -3.82. The number of benzene rings is 1. The fraction of sp³-hybridized carbons (Fsp3) is 0.667. The average Bonchev–Trinajstić information content (AvgIpc) is 3.47. The van der Waals surface area contributed by atoms with E-state index in [0.29, 0.717) is 11.5 Å². The molecule has 0 bridgehead atoms. The predicted octanol–water partition coefficient (Wildman–Crippen LogP) is 4.26. The van der Waals surface area contributed by atoms with Crippen molar-refractivity contribution in [1.29, 1.82) is 0 Å². The highest BCUT2D eigenvalue weighted by Crippen LogP contribution is 2.37. The summed E-state index contributed by atoms with van der Waals surface area (Å²) in [6, 6.07) is 3.94. The maximum absolute atomic E-state index is 13.1. The Bertz CT molecular complexity index is 860. The van der Waals surface area contributed by atoms with Crippen LogP contribution in [-0.2, 0) is 21.0 Å². The molecule has 1 atom stereocenters. The molecule has 2 aliphatic carbocycles. The molecule has 5 nitrogen and oxygen atoms in total. The van der Waals surface area contributed by atoms with Crippen molar-refractivity contribution in [2.45, 2.75) is 76.7 Å². The normalized spacial score (nSPS) is 23.8. The molecule has 1 aromatic carbocycles. The number of alkyl halides is 3. The lowest BCUT2D eigenvalue weighted by molar-refractivity contribution is -0.137. The van der Waals surface area contributed by atoms with E-state index in [4.69, 9.17) is 0 Å². The first-order valence-corrected chi connectivity index (χ1v) is 12.1. The Kier molecular flexibility index (Phi) is 6.81. The SMILES string of the molecule is CC1CCC(NS(=O)(=O)CC(=O)N(C2CC2)C(C)c2cccc(C(F)(F)F)c2)CC1. The highest BCUT2D eigenvalue weighted by Gasteiger charge is 2.39. The zero-order valence-corrected chi connectivity index (χ0v) is 18.1. The van der Waals surface area contributed by atoms with Crippen LogP contribution in [0.15, 0.2) is 24.3 Å². The lowest BCUT2D eigenvalue weighted by Crippen LogP contribution is -2.45. The highest BCUT2D eigenvalue weighted by molar-refractivity contribution is 7.90. The van der Waals surface area contributed by atoms with Gasteiger partial charge in [0.15, 0.2) is 0 Å². The third-order valence-electron chi connectivity index (χ3n) is 6.02. The van der Waals surface area contributed by atoms with E-state index < -0.39 is 39.5 Å². The Labute approximate surface area is 176 Å². The lowest BCUT2D eigenvalue weighted by atomic mass is 9.88. The van der Waals surface area contributed by atoms with Crippen molar-refractivity contribution in [2.24, 2.45) is 5.92 Å². The Morgan fingerprint density at radius 3 is 2.37 bits per heavy atom. The van der Waals surface area contributed by atoms with Crippen LogP contribution in [0.2, 0.25) is 0 Å². The Balaban J connectivity index is 1.71. The number of nitrogens with zero attached hydrogens (tertiary/aromatic N) is 1. The van der Waals surface area contributed by atoms with Gasteiger partial charge < -0.3 is 4.90 Å². The van der Waals surface area contributed by atoms with Crippen LogP contribution in [0.4, 0.5) is 13.2 Å². The molecular weight excluding hydrogens is 417 g/mol. The summed E-state index contributed by atoms with van der Waals surface area (Å²) in [4.78, 5) is 14.4. The van der Waals surface area contributed by atoms with Gasteiger partial charge in [0.05, 0.1) is 11.6 Å². The minimum Gasteiger partial charge on any atom is -0.332 e. The molecule has 30 heavy (non-hydrogen) atoms. The van der Waals surface area contributed by atoms with Crippen molar-refractivity contribution in [3.8, 4) is 0 Å². The van der Waals surface area contributed by atoms with Crippen molar-refractivity contribution in [1.82, 2.24) is 9.62 Å². The van der Waals surface area contributed by atoms with Crippen molar-refractivity contribution in [3.63, 3.8) is 0 Å². The molecular formula is C21H29F3N2O3S. The predicted molar refractivity (Wildman–Crippen MR) is 108 cm³/mol. The van der Waals surface area contributed by atoms with Crippen LogP contribution in [0.3, 0.4) is 0 Å². The van der Waals surface area contributed by atoms with E-state index in [2.05, 4.69) is 11.6 Å². The maximum Gasteiger partial charge on any atom is 0.416 e. The van der Waals surface area contributed by atoms with Crippen LogP contribution in [0.25, 0.3) is 0 Å². The quantitative estimate of drug-likeness (QED) is 0.681. The van der Waals surface area contributed by atoms with Crippen molar-refractivity contribution in [3.05, 3.63) is 35.4 Å². The van der Waals surface area contributed by atoms with Crippen LogP contribution in [-0.4, -0.2) is 37.1 Å². The van der Waals surface area contributed by atoms with Crippen LogP contribution < -0.4 is 4.72 Å². The number of sulfonamides is 1. The van der Waals surface area contributed by atoms with Gasteiger partial charge in [-0.3, -0.25) is 4.79 Å². The molecule has 3 rings (SSSR count). The topological polar surface area (TPSA) is 66.5 Å². The first-order valence-electron chi connectivity index (χ1n) is 10.4. The van der Waals surface area contributed by atoms with E-state index in [1.54, 1.807) is 13.0 Å². The van der Waals surface area contributed by atoms with Gasteiger partial charge in [0.2, 0.25) is 15.9 Å². The van der Waals surface area contributed by atoms with Gasteiger partial charge in [-0.15, -0.1) is 0 Å². The number of hydrogen-bond donors (Lipinski definition) is 1. The van der Waals surface area contributed by atoms with Crippen molar-refractivity contribution < 1.29 is 26.4 Å². The minimum atomic E-state index is -4.48. The van der Waals surface area contributed by atoms with Gasteiger partial charge in [0.1, 0.15) is 5.75 Å². The fourth-order valence-electron chi connectivity index (χ4n) is 4.13. The molecule has 1 unspecified atom stereocenters. The second kappa shape index (κ2) is 8.86. The molecule has 1 amide bonds.